The van der Waals surface area contributed by atoms with Crippen molar-refractivity contribution >= 4 is 30.8 Å². The average Bonchev–Trinajstić information content (AvgIpc) is 3.42. The van der Waals surface area contributed by atoms with Crippen LogP contribution < -0.4 is 20.9 Å². The maximum atomic E-state index is 15.4. The van der Waals surface area contributed by atoms with Gasteiger partial charge < -0.3 is 24.8 Å². The number of alkyl halides is 3. The SMILES string of the molecule is CC(C)OC(=O)[C@H](C)NP(=O)(OC[C@@]1(C(F)F)O[C@@H](n2cnc3c(=O)[nH]c(N)nc32)[C@@H](F)[C@@H]1O)Oc1ccccc1. The van der Waals surface area contributed by atoms with Crippen LogP contribution in [-0.2, 0) is 23.4 Å². The van der Waals surface area contributed by atoms with E-state index in [-0.39, 0.29) is 22.9 Å². The molecular formula is C23H28F3N6O8P. The number of nitrogens with one attached hydrogen (secondary N) is 2. The highest BCUT2D eigenvalue weighted by atomic mass is 31.2. The van der Waals surface area contributed by atoms with Gasteiger partial charge in [-0.15, -0.1) is 0 Å². The molecule has 0 aliphatic carbocycles. The molecule has 0 bridgehead atoms. The van der Waals surface area contributed by atoms with Crippen LogP contribution in [0.25, 0.3) is 11.2 Å². The lowest BCUT2D eigenvalue weighted by molar-refractivity contribution is -0.191. The lowest BCUT2D eigenvalue weighted by Crippen LogP contribution is -2.52. The number of aromatic amines is 1. The van der Waals surface area contributed by atoms with E-state index in [1.807, 2.05) is 0 Å². The van der Waals surface area contributed by atoms with Crippen molar-refractivity contribution in [1.82, 2.24) is 24.6 Å². The topological polar surface area (TPSA) is 193 Å². The number of H-pyrrole nitrogens is 1. The zero-order valence-electron chi connectivity index (χ0n) is 21.9. The van der Waals surface area contributed by atoms with Gasteiger partial charge in [-0.1, -0.05) is 18.2 Å². The van der Waals surface area contributed by atoms with E-state index in [1.165, 1.54) is 31.2 Å². The number of ether oxygens (including phenoxy) is 2. The van der Waals surface area contributed by atoms with Gasteiger partial charge in [-0.25, -0.2) is 22.7 Å². The van der Waals surface area contributed by atoms with E-state index in [2.05, 4.69) is 20.0 Å². The number of imidazole rings is 1. The third kappa shape index (κ3) is 6.23. The summed E-state index contributed by atoms with van der Waals surface area (Å²) >= 11 is 0. The Hall–Kier alpha value is -3.50. The summed E-state index contributed by atoms with van der Waals surface area (Å²) in [6.45, 7) is 3.07. The number of anilines is 1. The van der Waals surface area contributed by atoms with Gasteiger partial charge in [0.05, 0.1) is 19.0 Å². The molecule has 0 saturated carbocycles. The van der Waals surface area contributed by atoms with Gasteiger partial charge in [-0.05, 0) is 32.9 Å². The predicted octanol–water partition coefficient (Wildman–Crippen LogP) is 2.07. The zero-order valence-corrected chi connectivity index (χ0v) is 22.8. The molecule has 18 heteroatoms. The molecule has 0 spiro atoms. The number of nitrogens with two attached hydrogens (primary N) is 1. The van der Waals surface area contributed by atoms with Gasteiger partial charge in [-0.2, -0.15) is 10.1 Å². The summed E-state index contributed by atoms with van der Waals surface area (Å²) < 4.78 is 80.2. The summed E-state index contributed by atoms with van der Waals surface area (Å²) in [5.41, 5.74) is 1.09. The number of halogens is 3. The molecular weight excluding hydrogens is 576 g/mol. The number of aliphatic hydroxyl groups excluding tert-OH is 1. The molecule has 1 aliphatic rings. The highest BCUT2D eigenvalue weighted by molar-refractivity contribution is 7.52. The Labute approximate surface area is 230 Å². The first-order valence-electron chi connectivity index (χ1n) is 12.2. The number of fused-ring (bicyclic) bond motifs is 1. The summed E-state index contributed by atoms with van der Waals surface area (Å²) in [4.78, 5) is 34.3. The van der Waals surface area contributed by atoms with Crippen molar-refractivity contribution < 1.29 is 46.2 Å². The van der Waals surface area contributed by atoms with Crippen LogP contribution in [0.4, 0.5) is 19.1 Å². The number of nitrogen functional groups attached to an aromatic ring is 1. The van der Waals surface area contributed by atoms with Crippen molar-refractivity contribution in [3.8, 4) is 5.75 Å². The standard InChI is InChI=1S/C23H28F3N6O8P/c1-11(2)38-20(35)12(3)31-41(36,40-13-7-5-4-6-8-13)37-9-23(21(25)26)16(33)14(24)19(39-23)32-10-28-15-17(32)29-22(27)30-18(15)34/h4-8,10-12,14,16,19,21,33H,9H2,1-3H3,(H,31,36)(H3,27,29,30,34)/t12-,14-,16-,19+,23+,41?/m0/s1. The maximum absolute atomic E-state index is 15.4. The van der Waals surface area contributed by atoms with Crippen LogP contribution in [0.1, 0.15) is 27.0 Å². The van der Waals surface area contributed by atoms with E-state index in [4.69, 9.17) is 24.3 Å². The van der Waals surface area contributed by atoms with Crippen LogP contribution in [0.15, 0.2) is 41.5 Å². The van der Waals surface area contributed by atoms with Gasteiger partial charge in [0.25, 0.3) is 12.0 Å². The molecule has 4 rings (SSSR count). The van der Waals surface area contributed by atoms with Crippen molar-refractivity contribution in [2.24, 2.45) is 0 Å². The second-order valence-corrected chi connectivity index (χ2v) is 11.1. The van der Waals surface area contributed by atoms with E-state index in [0.717, 1.165) is 10.9 Å². The Kier molecular flexibility index (Phi) is 8.75. The smallest absolute Gasteiger partial charge is 0.459 e. The summed E-state index contributed by atoms with van der Waals surface area (Å²) in [6, 6.07) is 6.15. The van der Waals surface area contributed by atoms with Crippen LogP contribution in [0, 0.1) is 0 Å². The number of carbonyl (C=O) groups excluding carboxylic acids is 1. The van der Waals surface area contributed by atoms with Gasteiger partial charge in [0.1, 0.15) is 17.9 Å². The number of para-hydroxylation sites is 1. The van der Waals surface area contributed by atoms with Crippen LogP contribution >= 0.6 is 7.75 Å². The largest absolute Gasteiger partial charge is 0.462 e. The second kappa shape index (κ2) is 11.8. The molecule has 3 aromatic rings. The van der Waals surface area contributed by atoms with E-state index in [0.29, 0.717) is 0 Å². The lowest BCUT2D eigenvalue weighted by atomic mass is 9.97. The molecule has 1 fully saturated rings. The minimum absolute atomic E-state index is 0.0215. The minimum atomic E-state index is -4.70. The molecule has 0 radical (unpaired) electrons. The molecule has 1 unspecified atom stereocenters. The number of rotatable bonds is 11. The van der Waals surface area contributed by atoms with Gasteiger partial charge in [0.2, 0.25) is 5.95 Å². The molecule has 3 heterocycles. The summed E-state index contributed by atoms with van der Waals surface area (Å²) in [5.74, 6) is -1.23. The summed E-state index contributed by atoms with van der Waals surface area (Å²) in [7, 11) is -4.70. The number of aliphatic hydroxyl groups is 1. The molecule has 5 N–H and O–H groups in total. The maximum Gasteiger partial charge on any atom is 0.459 e. The second-order valence-electron chi connectivity index (χ2n) is 9.44. The first kappa shape index (κ1) is 30.5. The Balaban J connectivity index is 1.64. The number of nitrogens with zero attached hydrogens (tertiary/aromatic N) is 3. The Morgan fingerprint density at radius 1 is 1.32 bits per heavy atom. The number of hydrogen-bond acceptors (Lipinski definition) is 11. The highest BCUT2D eigenvalue weighted by Gasteiger charge is 2.62. The fraction of sp³-hybridized carbons (Fsp3) is 0.478. The Morgan fingerprint density at radius 3 is 2.63 bits per heavy atom. The number of aromatic nitrogens is 4. The highest BCUT2D eigenvalue weighted by Crippen LogP contribution is 2.50. The Bertz CT molecular complexity index is 1490. The molecule has 0 amide bonds. The molecule has 41 heavy (non-hydrogen) atoms. The molecule has 1 aromatic carbocycles. The van der Waals surface area contributed by atoms with Crippen LogP contribution in [0.3, 0.4) is 0 Å². The van der Waals surface area contributed by atoms with Gasteiger partial charge in [0.15, 0.2) is 29.2 Å². The van der Waals surface area contributed by atoms with E-state index >= 15 is 4.39 Å². The zero-order chi connectivity index (χ0) is 30.1. The fourth-order valence-corrected chi connectivity index (χ4v) is 5.54. The molecule has 14 nitrogen and oxygen atoms in total. The van der Waals surface area contributed by atoms with Crippen molar-refractivity contribution in [3.05, 3.63) is 47.0 Å². The molecule has 2 aromatic heterocycles. The Morgan fingerprint density at radius 2 is 2.00 bits per heavy atom. The first-order chi connectivity index (χ1) is 19.3. The molecule has 224 valence electrons. The van der Waals surface area contributed by atoms with E-state index in [1.54, 1.807) is 19.9 Å². The third-order valence-electron chi connectivity index (χ3n) is 6.00. The van der Waals surface area contributed by atoms with Crippen molar-refractivity contribution in [3.63, 3.8) is 0 Å². The number of carbonyl (C=O) groups is 1. The molecule has 1 aliphatic heterocycles. The minimum Gasteiger partial charge on any atom is -0.462 e. The average molecular weight is 604 g/mol. The monoisotopic (exact) mass is 604 g/mol. The fourth-order valence-electron chi connectivity index (χ4n) is 4.01. The van der Waals surface area contributed by atoms with Crippen molar-refractivity contribution in [1.29, 1.82) is 0 Å². The number of benzene rings is 1. The summed E-state index contributed by atoms with van der Waals surface area (Å²) in [5, 5.41) is 13.0. The molecule has 6 atom stereocenters. The van der Waals surface area contributed by atoms with Crippen LogP contribution in [0.2, 0.25) is 0 Å². The summed E-state index contributed by atoms with van der Waals surface area (Å²) in [6.07, 6.45) is -10.2. The first-order valence-corrected chi connectivity index (χ1v) is 13.8. The van der Waals surface area contributed by atoms with Crippen molar-refractivity contribution in [2.45, 2.75) is 63.4 Å². The lowest BCUT2D eigenvalue weighted by Gasteiger charge is -2.32. The third-order valence-corrected chi connectivity index (χ3v) is 7.62. The quantitative estimate of drug-likeness (QED) is 0.184. The van der Waals surface area contributed by atoms with E-state index < -0.39 is 68.6 Å². The van der Waals surface area contributed by atoms with Gasteiger partial charge in [-0.3, -0.25) is 23.7 Å². The normalized spacial score (nSPS) is 25.0. The predicted molar refractivity (Wildman–Crippen MR) is 137 cm³/mol. The van der Waals surface area contributed by atoms with Gasteiger partial charge >= 0.3 is 13.7 Å². The van der Waals surface area contributed by atoms with Crippen molar-refractivity contribution in [2.75, 3.05) is 12.3 Å². The van der Waals surface area contributed by atoms with Gasteiger partial charge in [0, 0.05) is 0 Å². The van der Waals surface area contributed by atoms with E-state index in [9.17, 15) is 28.0 Å². The van der Waals surface area contributed by atoms with Crippen LogP contribution in [-0.4, -0.2) is 73.6 Å². The number of esters is 1. The molecule has 1 saturated heterocycles. The number of hydrogen-bond donors (Lipinski definition) is 4. The van der Waals surface area contributed by atoms with Crippen LogP contribution in [0.5, 0.6) is 5.75 Å².